The van der Waals surface area contributed by atoms with Gasteiger partial charge in [0.05, 0.1) is 29.6 Å². The van der Waals surface area contributed by atoms with Crippen LogP contribution < -0.4 is 0 Å². The molecule has 0 spiro atoms. The number of hydrogen-bond donors (Lipinski definition) is 1. The monoisotopic (exact) mass is 356 g/mol. The molecule has 1 aromatic carbocycles. The van der Waals surface area contributed by atoms with E-state index < -0.39 is 5.97 Å². The second kappa shape index (κ2) is 5.20. The largest absolute Gasteiger partial charge is 0.476 e. The maximum Gasteiger partial charge on any atom is 0.356 e. The van der Waals surface area contributed by atoms with Crippen LogP contribution in [0.4, 0.5) is 0 Å². The highest BCUT2D eigenvalue weighted by Gasteiger charge is 2.26. The summed E-state index contributed by atoms with van der Waals surface area (Å²) in [5.74, 6) is -1.06. The Morgan fingerprint density at radius 2 is 2.30 bits per heavy atom. The number of nitrogens with zero attached hydrogens (tertiary/aromatic N) is 2. The number of hydrogen-bond acceptors (Lipinski definition) is 3. The molecule has 5 nitrogen and oxygen atoms in total. The van der Waals surface area contributed by atoms with Crippen molar-refractivity contribution in [3.8, 4) is 5.69 Å². The Labute approximate surface area is 128 Å². The first-order valence-electron chi connectivity index (χ1n) is 5.95. The molecule has 104 valence electrons. The van der Waals surface area contributed by atoms with E-state index in [2.05, 4.69) is 21.0 Å². The van der Waals surface area contributed by atoms with E-state index in [0.29, 0.717) is 29.3 Å². The lowest BCUT2D eigenvalue weighted by Gasteiger charge is -2.15. The molecule has 0 radical (unpaired) electrons. The normalized spacial score (nSPS) is 14.1. The Morgan fingerprint density at radius 3 is 3.05 bits per heavy atom. The Bertz CT molecular complexity index is 699. The van der Waals surface area contributed by atoms with E-state index in [1.165, 1.54) is 0 Å². The molecule has 0 amide bonds. The van der Waals surface area contributed by atoms with Gasteiger partial charge in [-0.15, -0.1) is 0 Å². The first kappa shape index (κ1) is 13.6. The molecule has 0 atom stereocenters. The summed E-state index contributed by atoms with van der Waals surface area (Å²) in [5, 5.41) is 14.0. The Hall–Kier alpha value is -1.37. The number of carbonyl (C=O) groups is 1. The molecule has 0 unspecified atom stereocenters. The van der Waals surface area contributed by atoms with Gasteiger partial charge in [0.2, 0.25) is 0 Å². The fraction of sp³-hybridized carbons (Fsp3) is 0.231. The molecule has 2 aromatic rings. The summed E-state index contributed by atoms with van der Waals surface area (Å²) in [5.41, 5.74) is 2.15. The highest BCUT2D eigenvalue weighted by molar-refractivity contribution is 9.10. The number of halogens is 2. The zero-order valence-electron chi connectivity index (χ0n) is 10.3. The van der Waals surface area contributed by atoms with Crippen LogP contribution in [0.2, 0.25) is 5.02 Å². The van der Waals surface area contributed by atoms with Crippen LogP contribution in [0, 0.1) is 0 Å². The van der Waals surface area contributed by atoms with Crippen LogP contribution in [0.15, 0.2) is 22.7 Å². The number of benzene rings is 1. The average molecular weight is 358 g/mol. The van der Waals surface area contributed by atoms with Crippen LogP contribution in [0.1, 0.15) is 21.7 Å². The zero-order chi connectivity index (χ0) is 14.3. The molecule has 1 N–H and O–H groups in total. The minimum absolute atomic E-state index is 0.0238. The molecule has 2 heterocycles. The van der Waals surface area contributed by atoms with Crippen LogP contribution in [0.3, 0.4) is 0 Å². The predicted molar refractivity (Wildman–Crippen MR) is 76.6 cm³/mol. The number of fused-ring (bicyclic) bond motifs is 1. The van der Waals surface area contributed by atoms with E-state index in [4.69, 9.17) is 16.3 Å². The van der Waals surface area contributed by atoms with E-state index in [0.717, 1.165) is 10.2 Å². The highest BCUT2D eigenvalue weighted by atomic mass is 79.9. The van der Waals surface area contributed by atoms with Gasteiger partial charge in [-0.05, 0) is 18.2 Å². The minimum atomic E-state index is -1.06. The van der Waals surface area contributed by atoms with Gasteiger partial charge in [0, 0.05) is 16.5 Å². The highest BCUT2D eigenvalue weighted by Crippen LogP contribution is 2.29. The molecule has 0 saturated heterocycles. The van der Waals surface area contributed by atoms with Crippen molar-refractivity contribution >= 4 is 33.5 Å². The molecular formula is C13H10BrClN2O3. The summed E-state index contributed by atoms with van der Waals surface area (Å²) < 4.78 is 7.79. The molecule has 0 saturated carbocycles. The smallest absolute Gasteiger partial charge is 0.356 e. The third-order valence-corrected chi connectivity index (χ3v) is 3.97. The van der Waals surface area contributed by atoms with Gasteiger partial charge >= 0.3 is 5.97 Å². The van der Waals surface area contributed by atoms with Gasteiger partial charge in [0.1, 0.15) is 0 Å². The Balaban J connectivity index is 2.23. The van der Waals surface area contributed by atoms with Crippen LogP contribution in [0.5, 0.6) is 0 Å². The molecule has 1 aliphatic rings. The van der Waals surface area contributed by atoms with Gasteiger partial charge in [-0.3, -0.25) is 0 Å². The third-order valence-electron chi connectivity index (χ3n) is 3.16. The number of aromatic carboxylic acids is 1. The van der Waals surface area contributed by atoms with Crippen LogP contribution >= 0.6 is 27.5 Å². The van der Waals surface area contributed by atoms with Gasteiger partial charge in [0.25, 0.3) is 0 Å². The summed E-state index contributed by atoms with van der Waals surface area (Å²) in [6.07, 6.45) is 0.610. The third kappa shape index (κ3) is 2.24. The van der Waals surface area contributed by atoms with Crippen molar-refractivity contribution in [3.05, 3.63) is 44.6 Å². The second-order valence-electron chi connectivity index (χ2n) is 4.39. The lowest BCUT2D eigenvalue weighted by Crippen LogP contribution is -2.13. The number of carboxylic acids is 1. The molecule has 3 rings (SSSR count). The Kier molecular flexibility index (Phi) is 3.54. The molecule has 7 heteroatoms. The van der Waals surface area contributed by atoms with Gasteiger partial charge < -0.3 is 9.84 Å². The first-order chi connectivity index (χ1) is 9.58. The van der Waals surface area contributed by atoms with Gasteiger partial charge in [0.15, 0.2) is 5.69 Å². The van der Waals surface area contributed by atoms with Gasteiger partial charge in [-0.1, -0.05) is 27.5 Å². The SMILES string of the molecule is O=C(O)c1nn(-c2cc(Br)ccc2Cl)c2c1COCC2. The predicted octanol–water partition coefficient (Wildman–Crippen LogP) is 3.06. The Morgan fingerprint density at radius 1 is 1.50 bits per heavy atom. The van der Waals surface area contributed by atoms with E-state index in [1.54, 1.807) is 10.7 Å². The molecular weight excluding hydrogens is 348 g/mol. The number of aromatic nitrogens is 2. The van der Waals surface area contributed by atoms with Gasteiger partial charge in [-0.2, -0.15) is 5.10 Å². The van der Waals surface area contributed by atoms with E-state index in [9.17, 15) is 9.90 Å². The van der Waals surface area contributed by atoms with Crippen molar-refractivity contribution in [2.45, 2.75) is 13.0 Å². The lowest BCUT2D eigenvalue weighted by molar-refractivity contribution is 0.0677. The van der Waals surface area contributed by atoms with Crippen molar-refractivity contribution in [1.82, 2.24) is 9.78 Å². The number of rotatable bonds is 2. The number of carboxylic acid groups (broad SMARTS) is 1. The molecule has 1 aliphatic heterocycles. The summed E-state index contributed by atoms with van der Waals surface area (Å²) in [6.45, 7) is 0.811. The van der Waals surface area contributed by atoms with Crippen molar-refractivity contribution in [1.29, 1.82) is 0 Å². The first-order valence-corrected chi connectivity index (χ1v) is 7.12. The van der Waals surface area contributed by atoms with Gasteiger partial charge in [-0.25, -0.2) is 9.48 Å². The fourth-order valence-electron chi connectivity index (χ4n) is 2.26. The maximum absolute atomic E-state index is 11.3. The van der Waals surface area contributed by atoms with E-state index >= 15 is 0 Å². The quantitative estimate of drug-likeness (QED) is 0.897. The lowest BCUT2D eigenvalue weighted by atomic mass is 10.1. The standard InChI is InChI=1S/C13H10BrClN2O3/c14-7-1-2-9(15)11(5-7)17-10-3-4-20-6-8(10)12(16-17)13(18)19/h1-2,5H,3-4,6H2,(H,18,19). The zero-order valence-corrected chi connectivity index (χ0v) is 12.6. The van der Waals surface area contributed by atoms with Crippen LogP contribution in [0.25, 0.3) is 5.69 Å². The fourth-order valence-corrected chi connectivity index (χ4v) is 2.80. The number of ether oxygens (including phenoxy) is 1. The topological polar surface area (TPSA) is 64.3 Å². The van der Waals surface area contributed by atoms with Crippen molar-refractivity contribution < 1.29 is 14.6 Å². The average Bonchev–Trinajstić information content (AvgIpc) is 2.81. The van der Waals surface area contributed by atoms with E-state index in [-0.39, 0.29) is 12.3 Å². The second-order valence-corrected chi connectivity index (χ2v) is 5.71. The van der Waals surface area contributed by atoms with Crippen molar-refractivity contribution in [2.24, 2.45) is 0 Å². The summed E-state index contributed by atoms with van der Waals surface area (Å²) in [4.78, 5) is 11.3. The van der Waals surface area contributed by atoms with Crippen LogP contribution in [-0.2, 0) is 17.8 Å². The van der Waals surface area contributed by atoms with Crippen LogP contribution in [-0.4, -0.2) is 27.5 Å². The summed E-state index contributed by atoms with van der Waals surface area (Å²) in [6, 6.07) is 5.38. The van der Waals surface area contributed by atoms with Crippen molar-refractivity contribution in [3.63, 3.8) is 0 Å². The minimum Gasteiger partial charge on any atom is -0.476 e. The maximum atomic E-state index is 11.3. The molecule has 0 aliphatic carbocycles. The molecule has 0 fully saturated rings. The molecule has 20 heavy (non-hydrogen) atoms. The molecule has 0 bridgehead atoms. The molecule has 1 aromatic heterocycles. The van der Waals surface area contributed by atoms with Crippen molar-refractivity contribution in [2.75, 3.05) is 6.61 Å². The summed E-state index contributed by atoms with van der Waals surface area (Å²) >= 11 is 9.59. The van der Waals surface area contributed by atoms with E-state index in [1.807, 2.05) is 12.1 Å². The summed E-state index contributed by atoms with van der Waals surface area (Å²) in [7, 11) is 0.